The van der Waals surface area contributed by atoms with Crippen LogP contribution in [0.25, 0.3) is 0 Å². The highest BCUT2D eigenvalue weighted by molar-refractivity contribution is 5.32. The highest BCUT2D eigenvalue weighted by Gasteiger charge is 2.18. The SMILES string of the molecule is Cc1nccc(NCC2CCCCN2C)n1. The van der Waals surface area contributed by atoms with Crippen molar-refractivity contribution in [2.45, 2.75) is 32.2 Å². The fourth-order valence-corrected chi connectivity index (χ4v) is 2.18. The lowest BCUT2D eigenvalue weighted by Gasteiger charge is -2.32. The maximum absolute atomic E-state index is 4.34. The van der Waals surface area contributed by atoms with Crippen molar-refractivity contribution in [3.05, 3.63) is 18.1 Å². The van der Waals surface area contributed by atoms with Crippen molar-refractivity contribution in [2.24, 2.45) is 0 Å². The second-order valence-corrected chi connectivity index (χ2v) is 4.50. The van der Waals surface area contributed by atoms with E-state index in [4.69, 9.17) is 0 Å². The molecule has 1 aromatic heterocycles. The minimum Gasteiger partial charge on any atom is -0.368 e. The maximum atomic E-state index is 4.34. The summed E-state index contributed by atoms with van der Waals surface area (Å²) >= 11 is 0. The lowest BCUT2D eigenvalue weighted by Crippen LogP contribution is -2.40. The first kappa shape index (κ1) is 11.3. The molecule has 0 saturated carbocycles. The predicted molar refractivity (Wildman–Crippen MR) is 65.5 cm³/mol. The standard InChI is InChI=1S/C12H20N4/c1-10-13-7-6-12(15-10)14-9-11-5-3-4-8-16(11)2/h6-7,11H,3-5,8-9H2,1-2H3,(H,13,14,15). The average Bonchev–Trinajstić information content (AvgIpc) is 2.28. The van der Waals surface area contributed by atoms with Crippen LogP contribution < -0.4 is 5.32 Å². The number of likely N-dealkylation sites (N-methyl/N-ethyl adjacent to an activating group) is 1. The minimum atomic E-state index is 0.643. The molecule has 4 heteroatoms. The van der Waals surface area contributed by atoms with Gasteiger partial charge in [-0.2, -0.15) is 0 Å². The van der Waals surface area contributed by atoms with E-state index in [-0.39, 0.29) is 0 Å². The first-order valence-corrected chi connectivity index (χ1v) is 5.99. The molecule has 4 nitrogen and oxygen atoms in total. The Labute approximate surface area is 97.1 Å². The van der Waals surface area contributed by atoms with Crippen LogP contribution in [0.3, 0.4) is 0 Å². The monoisotopic (exact) mass is 220 g/mol. The zero-order chi connectivity index (χ0) is 11.4. The fraction of sp³-hybridized carbons (Fsp3) is 0.667. The average molecular weight is 220 g/mol. The Morgan fingerprint density at radius 3 is 3.12 bits per heavy atom. The predicted octanol–water partition coefficient (Wildman–Crippen LogP) is 1.68. The Bertz CT molecular complexity index is 340. The Morgan fingerprint density at radius 1 is 1.50 bits per heavy atom. The number of hydrogen-bond donors (Lipinski definition) is 1. The molecule has 1 N–H and O–H groups in total. The van der Waals surface area contributed by atoms with Crippen molar-refractivity contribution in [1.82, 2.24) is 14.9 Å². The number of hydrogen-bond acceptors (Lipinski definition) is 4. The zero-order valence-electron chi connectivity index (χ0n) is 10.1. The summed E-state index contributed by atoms with van der Waals surface area (Å²) in [5.74, 6) is 1.76. The van der Waals surface area contributed by atoms with E-state index in [1.54, 1.807) is 6.20 Å². The maximum Gasteiger partial charge on any atom is 0.129 e. The van der Waals surface area contributed by atoms with Crippen LogP contribution in [0.15, 0.2) is 12.3 Å². The Kier molecular flexibility index (Phi) is 3.72. The summed E-state index contributed by atoms with van der Waals surface area (Å²) in [6.45, 7) is 4.11. The second kappa shape index (κ2) is 5.25. The van der Waals surface area contributed by atoms with Gasteiger partial charge < -0.3 is 10.2 Å². The van der Waals surface area contributed by atoms with Crippen molar-refractivity contribution < 1.29 is 0 Å². The van der Waals surface area contributed by atoms with E-state index in [9.17, 15) is 0 Å². The van der Waals surface area contributed by atoms with E-state index < -0.39 is 0 Å². The highest BCUT2D eigenvalue weighted by atomic mass is 15.2. The molecule has 0 amide bonds. The summed E-state index contributed by atoms with van der Waals surface area (Å²) in [6.07, 6.45) is 5.77. The Morgan fingerprint density at radius 2 is 2.38 bits per heavy atom. The van der Waals surface area contributed by atoms with E-state index >= 15 is 0 Å². The number of nitrogens with one attached hydrogen (secondary N) is 1. The van der Waals surface area contributed by atoms with Crippen LogP contribution >= 0.6 is 0 Å². The molecule has 0 aromatic carbocycles. The molecule has 0 radical (unpaired) electrons. The molecule has 1 aliphatic rings. The van der Waals surface area contributed by atoms with Gasteiger partial charge in [0.15, 0.2) is 0 Å². The van der Waals surface area contributed by atoms with Crippen molar-refractivity contribution in [1.29, 1.82) is 0 Å². The topological polar surface area (TPSA) is 41.1 Å². The summed E-state index contributed by atoms with van der Waals surface area (Å²) in [6, 6.07) is 2.57. The zero-order valence-corrected chi connectivity index (χ0v) is 10.1. The molecule has 1 unspecified atom stereocenters. The molecule has 0 aliphatic carbocycles. The summed E-state index contributed by atoms with van der Waals surface area (Å²) < 4.78 is 0. The summed E-state index contributed by atoms with van der Waals surface area (Å²) in [4.78, 5) is 10.9. The number of aryl methyl sites for hydroxylation is 1. The summed E-state index contributed by atoms with van der Waals surface area (Å²) in [5.41, 5.74) is 0. The number of nitrogens with zero attached hydrogens (tertiary/aromatic N) is 3. The molecule has 1 aliphatic heterocycles. The molecule has 16 heavy (non-hydrogen) atoms. The van der Waals surface area contributed by atoms with E-state index in [0.717, 1.165) is 18.2 Å². The molecule has 1 aromatic rings. The van der Waals surface area contributed by atoms with Gasteiger partial charge in [0, 0.05) is 18.8 Å². The van der Waals surface area contributed by atoms with E-state index in [2.05, 4.69) is 27.2 Å². The van der Waals surface area contributed by atoms with Gasteiger partial charge in [0.05, 0.1) is 0 Å². The smallest absolute Gasteiger partial charge is 0.129 e. The fourth-order valence-electron chi connectivity index (χ4n) is 2.18. The molecular weight excluding hydrogens is 200 g/mol. The number of rotatable bonds is 3. The first-order valence-electron chi connectivity index (χ1n) is 5.99. The number of aromatic nitrogens is 2. The first-order chi connectivity index (χ1) is 7.75. The van der Waals surface area contributed by atoms with Gasteiger partial charge in [-0.25, -0.2) is 9.97 Å². The second-order valence-electron chi connectivity index (χ2n) is 4.50. The van der Waals surface area contributed by atoms with Crippen LogP contribution in [0.4, 0.5) is 5.82 Å². The lowest BCUT2D eigenvalue weighted by atomic mass is 10.0. The Balaban J connectivity index is 1.86. The Hall–Kier alpha value is -1.16. The van der Waals surface area contributed by atoms with Gasteiger partial charge >= 0.3 is 0 Å². The van der Waals surface area contributed by atoms with E-state index in [0.29, 0.717) is 6.04 Å². The van der Waals surface area contributed by atoms with Gasteiger partial charge in [-0.3, -0.25) is 0 Å². The minimum absolute atomic E-state index is 0.643. The molecule has 88 valence electrons. The van der Waals surface area contributed by atoms with Crippen LogP contribution in [0.5, 0.6) is 0 Å². The lowest BCUT2D eigenvalue weighted by molar-refractivity contribution is 0.194. The number of likely N-dealkylation sites (tertiary alicyclic amines) is 1. The van der Waals surface area contributed by atoms with Crippen LogP contribution in [0, 0.1) is 6.92 Å². The number of piperidine rings is 1. The summed E-state index contributed by atoms with van der Waals surface area (Å²) in [5, 5.41) is 3.39. The highest BCUT2D eigenvalue weighted by Crippen LogP contribution is 2.15. The molecule has 1 fully saturated rings. The van der Waals surface area contributed by atoms with Crippen LogP contribution in [0.1, 0.15) is 25.1 Å². The normalized spacial score (nSPS) is 22.0. The third-order valence-corrected chi connectivity index (χ3v) is 3.22. The van der Waals surface area contributed by atoms with Crippen molar-refractivity contribution >= 4 is 5.82 Å². The molecule has 0 bridgehead atoms. The molecule has 2 rings (SSSR count). The quantitative estimate of drug-likeness (QED) is 0.841. The van der Waals surface area contributed by atoms with Crippen molar-refractivity contribution in [3.8, 4) is 0 Å². The van der Waals surface area contributed by atoms with Crippen LogP contribution in [-0.4, -0.2) is 41.0 Å². The van der Waals surface area contributed by atoms with Crippen LogP contribution in [0.2, 0.25) is 0 Å². The molecule has 1 atom stereocenters. The number of anilines is 1. The van der Waals surface area contributed by atoms with Gasteiger partial charge in [-0.05, 0) is 39.4 Å². The third kappa shape index (κ3) is 2.92. The van der Waals surface area contributed by atoms with Crippen LogP contribution in [-0.2, 0) is 0 Å². The largest absolute Gasteiger partial charge is 0.368 e. The van der Waals surface area contributed by atoms with E-state index in [1.165, 1.54) is 25.8 Å². The molecule has 2 heterocycles. The van der Waals surface area contributed by atoms with Gasteiger partial charge in [0.2, 0.25) is 0 Å². The third-order valence-electron chi connectivity index (χ3n) is 3.22. The molecule has 1 saturated heterocycles. The van der Waals surface area contributed by atoms with Gasteiger partial charge in [0.25, 0.3) is 0 Å². The van der Waals surface area contributed by atoms with Gasteiger partial charge in [-0.1, -0.05) is 6.42 Å². The van der Waals surface area contributed by atoms with Gasteiger partial charge in [0.1, 0.15) is 11.6 Å². The molecule has 0 spiro atoms. The van der Waals surface area contributed by atoms with Crippen molar-refractivity contribution in [3.63, 3.8) is 0 Å². The van der Waals surface area contributed by atoms with Crippen molar-refractivity contribution in [2.75, 3.05) is 25.5 Å². The van der Waals surface area contributed by atoms with Gasteiger partial charge in [-0.15, -0.1) is 0 Å². The summed E-state index contributed by atoms with van der Waals surface area (Å²) in [7, 11) is 2.21. The molecular formula is C12H20N4. The van der Waals surface area contributed by atoms with E-state index in [1.807, 2.05) is 13.0 Å².